The topological polar surface area (TPSA) is 76.3 Å². The molecule has 0 aliphatic heterocycles. The van der Waals surface area contributed by atoms with Gasteiger partial charge in [0.05, 0.1) is 5.69 Å². The lowest BCUT2D eigenvalue weighted by atomic mass is 10.3. The van der Waals surface area contributed by atoms with Gasteiger partial charge < -0.3 is 5.73 Å². The Labute approximate surface area is 126 Å². The molecule has 0 bridgehead atoms. The third-order valence-corrected chi connectivity index (χ3v) is 5.19. The van der Waals surface area contributed by atoms with E-state index in [1.807, 2.05) is 0 Å². The van der Waals surface area contributed by atoms with Crippen LogP contribution in [0.2, 0.25) is 0 Å². The van der Waals surface area contributed by atoms with Gasteiger partial charge in [-0.2, -0.15) is 4.31 Å². The lowest BCUT2D eigenvalue weighted by Gasteiger charge is -2.18. The average Bonchev–Trinajstić information content (AvgIpc) is 2.39. The van der Waals surface area contributed by atoms with Gasteiger partial charge in [0.1, 0.15) is 4.90 Å². The largest absolute Gasteiger partial charge is 0.398 e. The Morgan fingerprint density at radius 2 is 1.90 bits per heavy atom. The van der Waals surface area contributed by atoms with Gasteiger partial charge in [-0.15, -0.1) is 0 Å². The van der Waals surface area contributed by atoms with Gasteiger partial charge in [0.25, 0.3) is 0 Å². The van der Waals surface area contributed by atoms with E-state index in [1.165, 1.54) is 17.4 Å². The molecule has 0 saturated carbocycles. The quantitative estimate of drug-likeness (QED) is 0.853. The predicted molar refractivity (Wildman–Crippen MR) is 81.4 cm³/mol. The number of nitrogens with zero attached hydrogens (tertiary/aromatic N) is 2. The minimum Gasteiger partial charge on any atom is -0.398 e. The summed E-state index contributed by atoms with van der Waals surface area (Å²) in [5.41, 5.74) is 6.88. The first-order chi connectivity index (χ1) is 9.41. The zero-order valence-corrected chi connectivity index (χ0v) is 13.2. The number of rotatable bonds is 4. The number of aromatic nitrogens is 1. The van der Waals surface area contributed by atoms with Crippen LogP contribution < -0.4 is 5.73 Å². The molecular formula is C13H14BrN3O2S. The average molecular weight is 356 g/mol. The third-order valence-electron chi connectivity index (χ3n) is 2.81. The maximum absolute atomic E-state index is 12.5. The number of pyridine rings is 1. The van der Waals surface area contributed by atoms with Gasteiger partial charge in [-0.25, -0.2) is 8.42 Å². The number of sulfonamides is 1. The van der Waals surface area contributed by atoms with Crippen molar-refractivity contribution in [2.75, 3.05) is 12.8 Å². The Morgan fingerprint density at radius 1 is 1.25 bits per heavy atom. The molecule has 1 heterocycles. The molecule has 0 aliphatic carbocycles. The van der Waals surface area contributed by atoms with Crippen LogP contribution in [-0.2, 0) is 16.6 Å². The summed E-state index contributed by atoms with van der Waals surface area (Å²) in [5, 5.41) is 0. The molecule has 0 atom stereocenters. The van der Waals surface area contributed by atoms with Crippen LogP contribution in [0.5, 0.6) is 0 Å². The second-order valence-corrected chi connectivity index (χ2v) is 7.23. The van der Waals surface area contributed by atoms with E-state index in [4.69, 9.17) is 5.73 Å². The second kappa shape index (κ2) is 5.90. The standard InChI is InChI=1S/C13H14BrN3O2S/c1-17(9-10-4-6-16-7-5-10)20(18,19)13-3-2-11(14)8-12(13)15/h2-8H,9,15H2,1H3. The van der Waals surface area contributed by atoms with Crippen LogP contribution in [0.25, 0.3) is 0 Å². The number of benzene rings is 1. The Morgan fingerprint density at radius 3 is 2.50 bits per heavy atom. The number of hydrogen-bond acceptors (Lipinski definition) is 4. The third kappa shape index (κ3) is 3.17. The molecular weight excluding hydrogens is 342 g/mol. The van der Waals surface area contributed by atoms with Gasteiger partial charge >= 0.3 is 0 Å². The molecule has 2 aromatic rings. The van der Waals surface area contributed by atoms with E-state index in [1.54, 1.807) is 36.7 Å². The zero-order valence-electron chi connectivity index (χ0n) is 10.8. The van der Waals surface area contributed by atoms with Crippen molar-refractivity contribution in [3.8, 4) is 0 Å². The summed E-state index contributed by atoms with van der Waals surface area (Å²) in [6, 6.07) is 8.28. The van der Waals surface area contributed by atoms with E-state index in [2.05, 4.69) is 20.9 Å². The summed E-state index contributed by atoms with van der Waals surface area (Å²) in [7, 11) is -2.09. The first-order valence-electron chi connectivity index (χ1n) is 5.81. The van der Waals surface area contributed by atoms with Crippen molar-refractivity contribution in [2.45, 2.75) is 11.4 Å². The maximum atomic E-state index is 12.5. The smallest absolute Gasteiger partial charge is 0.245 e. The Balaban J connectivity index is 2.30. The highest BCUT2D eigenvalue weighted by Crippen LogP contribution is 2.25. The normalized spacial score (nSPS) is 11.8. The molecule has 0 fully saturated rings. The fraction of sp³-hybridized carbons (Fsp3) is 0.154. The van der Waals surface area contributed by atoms with Gasteiger partial charge in [0.2, 0.25) is 10.0 Å². The Hall–Kier alpha value is -1.44. The van der Waals surface area contributed by atoms with Gasteiger partial charge in [0, 0.05) is 30.5 Å². The molecule has 0 saturated heterocycles. The van der Waals surface area contributed by atoms with Crippen molar-refractivity contribution >= 4 is 31.6 Å². The van der Waals surface area contributed by atoms with Crippen LogP contribution in [0.4, 0.5) is 5.69 Å². The maximum Gasteiger partial charge on any atom is 0.245 e. The second-order valence-electron chi connectivity index (χ2n) is 4.30. The lowest BCUT2D eigenvalue weighted by molar-refractivity contribution is 0.467. The molecule has 5 nitrogen and oxygen atoms in total. The summed E-state index contributed by atoms with van der Waals surface area (Å²) in [4.78, 5) is 4.01. The monoisotopic (exact) mass is 355 g/mol. The molecule has 20 heavy (non-hydrogen) atoms. The molecule has 7 heteroatoms. The summed E-state index contributed by atoms with van der Waals surface area (Å²) in [6.07, 6.45) is 3.26. The molecule has 0 amide bonds. The molecule has 106 valence electrons. The summed E-state index contributed by atoms with van der Waals surface area (Å²) in [5.74, 6) is 0. The first kappa shape index (κ1) is 15.0. The van der Waals surface area contributed by atoms with E-state index >= 15 is 0 Å². The number of halogens is 1. The van der Waals surface area contributed by atoms with Crippen molar-refractivity contribution in [3.05, 3.63) is 52.8 Å². The van der Waals surface area contributed by atoms with E-state index in [0.29, 0.717) is 0 Å². The minimum atomic E-state index is -3.62. The van der Waals surface area contributed by atoms with Crippen LogP contribution >= 0.6 is 15.9 Å². The molecule has 0 unspecified atom stereocenters. The molecule has 0 aliphatic rings. The van der Waals surface area contributed by atoms with Gasteiger partial charge in [0.15, 0.2) is 0 Å². The Kier molecular flexibility index (Phi) is 4.42. The highest BCUT2D eigenvalue weighted by atomic mass is 79.9. The van der Waals surface area contributed by atoms with Crippen LogP contribution in [0.3, 0.4) is 0 Å². The van der Waals surface area contributed by atoms with Crippen LogP contribution in [0.1, 0.15) is 5.56 Å². The van der Waals surface area contributed by atoms with E-state index in [0.717, 1.165) is 10.0 Å². The van der Waals surface area contributed by atoms with E-state index in [9.17, 15) is 8.42 Å². The lowest BCUT2D eigenvalue weighted by Crippen LogP contribution is -2.27. The summed E-state index contributed by atoms with van der Waals surface area (Å²) < 4.78 is 27.0. The van der Waals surface area contributed by atoms with Crippen LogP contribution in [-0.4, -0.2) is 24.8 Å². The van der Waals surface area contributed by atoms with Gasteiger partial charge in [-0.3, -0.25) is 4.98 Å². The van der Waals surface area contributed by atoms with E-state index in [-0.39, 0.29) is 17.1 Å². The first-order valence-corrected chi connectivity index (χ1v) is 8.05. The van der Waals surface area contributed by atoms with Crippen molar-refractivity contribution in [2.24, 2.45) is 0 Å². The molecule has 1 aromatic carbocycles. The van der Waals surface area contributed by atoms with Crippen molar-refractivity contribution in [1.29, 1.82) is 0 Å². The molecule has 0 spiro atoms. The predicted octanol–water partition coefficient (Wildman–Crippen LogP) is 2.25. The van der Waals surface area contributed by atoms with Crippen molar-refractivity contribution in [3.63, 3.8) is 0 Å². The number of nitrogen functional groups attached to an aromatic ring is 1. The van der Waals surface area contributed by atoms with Crippen LogP contribution in [0.15, 0.2) is 52.1 Å². The summed E-state index contributed by atoms with van der Waals surface area (Å²) >= 11 is 3.26. The molecule has 2 rings (SSSR count). The highest BCUT2D eigenvalue weighted by molar-refractivity contribution is 9.10. The minimum absolute atomic E-state index is 0.109. The molecule has 1 aromatic heterocycles. The number of hydrogen-bond donors (Lipinski definition) is 1. The SMILES string of the molecule is CN(Cc1ccncc1)S(=O)(=O)c1ccc(Br)cc1N. The fourth-order valence-electron chi connectivity index (χ4n) is 1.75. The van der Waals surface area contributed by atoms with Crippen molar-refractivity contribution in [1.82, 2.24) is 9.29 Å². The zero-order chi connectivity index (χ0) is 14.8. The molecule has 0 radical (unpaired) electrons. The van der Waals surface area contributed by atoms with Crippen molar-refractivity contribution < 1.29 is 8.42 Å². The van der Waals surface area contributed by atoms with Gasteiger partial charge in [-0.1, -0.05) is 15.9 Å². The summed E-state index contributed by atoms with van der Waals surface area (Å²) in [6.45, 7) is 0.264. The van der Waals surface area contributed by atoms with Gasteiger partial charge in [-0.05, 0) is 35.9 Å². The highest BCUT2D eigenvalue weighted by Gasteiger charge is 2.23. The number of anilines is 1. The molecule has 2 N–H and O–H groups in total. The fourth-order valence-corrected chi connectivity index (χ4v) is 3.38. The number of nitrogens with two attached hydrogens (primary N) is 1. The Bertz CT molecular complexity index is 705. The van der Waals surface area contributed by atoms with E-state index < -0.39 is 10.0 Å². The van der Waals surface area contributed by atoms with Crippen LogP contribution in [0, 0.1) is 0 Å².